The molecule has 0 radical (unpaired) electrons. The van der Waals surface area contributed by atoms with E-state index in [4.69, 9.17) is 5.11 Å². The van der Waals surface area contributed by atoms with Crippen molar-refractivity contribution in [1.29, 1.82) is 0 Å². The highest BCUT2D eigenvalue weighted by molar-refractivity contribution is 5.93. The van der Waals surface area contributed by atoms with Gasteiger partial charge in [0.2, 0.25) is 0 Å². The Kier molecular flexibility index (Phi) is 3.52. The van der Waals surface area contributed by atoms with E-state index >= 15 is 0 Å². The Bertz CT molecular complexity index is 442. The second-order valence-electron chi connectivity index (χ2n) is 4.97. The smallest absolute Gasteiger partial charge is 0.339 e. The Morgan fingerprint density at radius 1 is 1.50 bits per heavy atom. The minimum absolute atomic E-state index is 0.168. The summed E-state index contributed by atoms with van der Waals surface area (Å²) in [5.74, 6) is -0.589. The molecular weight excluding hydrogens is 232 g/mol. The molecule has 0 aromatic carbocycles. The summed E-state index contributed by atoms with van der Waals surface area (Å²) in [6, 6.07) is 3.13. The Morgan fingerprint density at radius 2 is 2.17 bits per heavy atom. The number of likely N-dealkylation sites (N-methyl/N-ethyl adjacent to an activating group) is 1. The first kappa shape index (κ1) is 12.8. The Hall–Kier alpha value is -1.62. The van der Waals surface area contributed by atoms with Gasteiger partial charge in [-0.3, -0.25) is 0 Å². The van der Waals surface area contributed by atoms with Crippen molar-refractivity contribution in [2.24, 2.45) is 0 Å². The molecule has 1 aromatic rings. The van der Waals surface area contributed by atoms with E-state index in [1.165, 1.54) is 6.07 Å². The third kappa shape index (κ3) is 2.61. The van der Waals surface area contributed by atoms with E-state index in [1.807, 2.05) is 0 Å². The summed E-state index contributed by atoms with van der Waals surface area (Å²) in [6.45, 7) is 0.421. The highest BCUT2D eigenvalue weighted by Crippen LogP contribution is 2.31. The molecule has 0 aliphatic heterocycles. The first-order valence-corrected chi connectivity index (χ1v) is 6.14. The number of aliphatic hydroxyl groups is 1. The second-order valence-corrected chi connectivity index (χ2v) is 4.97. The summed E-state index contributed by atoms with van der Waals surface area (Å²) in [6.07, 6.45) is 5.16. The predicted octanol–water partition coefficient (Wildman–Crippen LogP) is 1.52. The van der Waals surface area contributed by atoms with Gasteiger partial charge in [-0.05, 0) is 25.0 Å². The van der Waals surface area contributed by atoms with Crippen LogP contribution in [0.1, 0.15) is 36.0 Å². The molecule has 0 atom stereocenters. The molecule has 2 N–H and O–H groups in total. The van der Waals surface area contributed by atoms with Gasteiger partial charge in [0.15, 0.2) is 0 Å². The third-order valence-electron chi connectivity index (χ3n) is 3.44. The number of aromatic carboxylic acids is 1. The van der Waals surface area contributed by atoms with Crippen LogP contribution in [0.3, 0.4) is 0 Å². The van der Waals surface area contributed by atoms with E-state index < -0.39 is 11.6 Å². The van der Waals surface area contributed by atoms with E-state index in [0.29, 0.717) is 12.4 Å². The molecule has 18 heavy (non-hydrogen) atoms. The molecule has 1 aromatic heterocycles. The van der Waals surface area contributed by atoms with Gasteiger partial charge in [0, 0.05) is 19.8 Å². The number of carboxylic acids is 1. The van der Waals surface area contributed by atoms with Gasteiger partial charge < -0.3 is 15.1 Å². The fourth-order valence-electron chi connectivity index (χ4n) is 2.58. The molecule has 0 saturated heterocycles. The summed E-state index contributed by atoms with van der Waals surface area (Å²) < 4.78 is 0. The van der Waals surface area contributed by atoms with E-state index in [2.05, 4.69) is 4.98 Å². The maximum atomic E-state index is 11.1. The Labute approximate surface area is 106 Å². The summed E-state index contributed by atoms with van der Waals surface area (Å²) >= 11 is 0. The monoisotopic (exact) mass is 250 g/mol. The van der Waals surface area contributed by atoms with Gasteiger partial charge in [0.05, 0.1) is 5.60 Å². The van der Waals surface area contributed by atoms with Gasteiger partial charge >= 0.3 is 5.97 Å². The fraction of sp³-hybridized carbons (Fsp3) is 0.538. The summed E-state index contributed by atoms with van der Waals surface area (Å²) in [5.41, 5.74) is -0.538. The average Bonchev–Trinajstić information content (AvgIpc) is 2.75. The Morgan fingerprint density at radius 3 is 2.78 bits per heavy atom. The molecule has 0 spiro atoms. The molecule has 5 heteroatoms. The van der Waals surface area contributed by atoms with Crippen LogP contribution in [0.2, 0.25) is 0 Å². The van der Waals surface area contributed by atoms with Crippen molar-refractivity contribution in [2.75, 3.05) is 18.5 Å². The quantitative estimate of drug-likeness (QED) is 0.847. The number of carboxylic acid groups (broad SMARTS) is 1. The molecule has 1 fully saturated rings. The number of hydrogen-bond acceptors (Lipinski definition) is 4. The molecule has 0 bridgehead atoms. The topological polar surface area (TPSA) is 73.7 Å². The van der Waals surface area contributed by atoms with Crippen molar-refractivity contribution in [3.63, 3.8) is 0 Å². The lowest BCUT2D eigenvalue weighted by molar-refractivity contribution is 0.0554. The van der Waals surface area contributed by atoms with Crippen molar-refractivity contribution in [2.45, 2.75) is 31.3 Å². The van der Waals surface area contributed by atoms with Crippen LogP contribution in [0.5, 0.6) is 0 Å². The predicted molar refractivity (Wildman–Crippen MR) is 67.9 cm³/mol. The normalized spacial score (nSPS) is 17.7. The zero-order valence-electron chi connectivity index (χ0n) is 10.5. The summed E-state index contributed by atoms with van der Waals surface area (Å²) in [7, 11) is 1.77. The van der Waals surface area contributed by atoms with Crippen LogP contribution in [0.25, 0.3) is 0 Å². The van der Waals surface area contributed by atoms with Crippen molar-refractivity contribution >= 4 is 11.8 Å². The molecule has 1 aliphatic carbocycles. The molecule has 0 unspecified atom stereocenters. The largest absolute Gasteiger partial charge is 0.478 e. The van der Waals surface area contributed by atoms with Crippen LogP contribution < -0.4 is 4.90 Å². The third-order valence-corrected chi connectivity index (χ3v) is 3.44. The standard InChI is InChI=1S/C13H18N2O3/c1-15(9-13(18)6-2-3-7-13)11-10(12(16)17)5-4-8-14-11/h4-5,8,18H,2-3,6-7,9H2,1H3,(H,16,17). The number of rotatable bonds is 4. The summed E-state index contributed by atoms with van der Waals surface area (Å²) in [4.78, 5) is 17.0. The molecule has 5 nitrogen and oxygen atoms in total. The molecule has 1 heterocycles. The Balaban J connectivity index is 2.18. The minimum Gasteiger partial charge on any atom is -0.478 e. The zero-order valence-corrected chi connectivity index (χ0v) is 10.5. The van der Waals surface area contributed by atoms with Gasteiger partial charge in [-0.15, -0.1) is 0 Å². The fourth-order valence-corrected chi connectivity index (χ4v) is 2.58. The first-order valence-electron chi connectivity index (χ1n) is 6.14. The van der Waals surface area contributed by atoms with Crippen molar-refractivity contribution in [3.8, 4) is 0 Å². The lowest BCUT2D eigenvalue weighted by atomic mass is 10.0. The number of hydrogen-bond donors (Lipinski definition) is 2. The number of pyridine rings is 1. The van der Waals surface area contributed by atoms with Gasteiger partial charge in [0.1, 0.15) is 11.4 Å². The van der Waals surface area contributed by atoms with Crippen LogP contribution in [-0.4, -0.2) is 40.4 Å². The van der Waals surface area contributed by atoms with Crippen molar-refractivity contribution < 1.29 is 15.0 Å². The average molecular weight is 250 g/mol. The highest BCUT2D eigenvalue weighted by Gasteiger charge is 2.33. The maximum absolute atomic E-state index is 11.1. The van der Waals surface area contributed by atoms with Crippen LogP contribution >= 0.6 is 0 Å². The van der Waals surface area contributed by atoms with Crippen LogP contribution in [0.4, 0.5) is 5.82 Å². The van der Waals surface area contributed by atoms with Crippen LogP contribution in [0.15, 0.2) is 18.3 Å². The molecular formula is C13H18N2O3. The highest BCUT2D eigenvalue weighted by atomic mass is 16.4. The van der Waals surface area contributed by atoms with Crippen LogP contribution in [0, 0.1) is 0 Å². The van der Waals surface area contributed by atoms with Gasteiger partial charge in [0.25, 0.3) is 0 Å². The number of nitrogens with zero attached hydrogens (tertiary/aromatic N) is 2. The number of anilines is 1. The van der Waals surface area contributed by atoms with E-state index in [1.54, 1.807) is 24.2 Å². The van der Waals surface area contributed by atoms with Gasteiger partial charge in [-0.1, -0.05) is 12.8 Å². The molecule has 2 rings (SSSR count). The first-order chi connectivity index (χ1) is 8.52. The van der Waals surface area contributed by atoms with E-state index in [0.717, 1.165) is 25.7 Å². The van der Waals surface area contributed by atoms with Gasteiger partial charge in [-0.25, -0.2) is 9.78 Å². The van der Waals surface area contributed by atoms with E-state index in [-0.39, 0.29) is 5.56 Å². The number of aromatic nitrogens is 1. The molecule has 1 saturated carbocycles. The lowest BCUT2D eigenvalue weighted by Gasteiger charge is -2.29. The van der Waals surface area contributed by atoms with Gasteiger partial charge in [-0.2, -0.15) is 0 Å². The number of carbonyl (C=O) groups is 1. The van der Waals surface area contributed by atoms with Crippen LogP contribution in [-0.2, 0) is 0 Å². The second kappa shape index (κ2) is 4.94. The molecule has 98 valence electrons. The minimum atomic E-state index is -0.997. The maximum Gasteiger partial charge on any atom is 0.339 e. The summed E-state index contributed by atoms with van der Waals surface area (Å²) in [5, 5.41) is 19.4. The SMILES string of the molecule is CN(CC1(O)CCCC1)c1ncccc1C(=O)O. The van der Waals surface area contributed by atoms with Crippen molar-refractivity contribution in [1.82, 2.24) is 4.98 Å². The lowest BCUT2D eigenvalue weighted by Crippen LogP contribution is -2.40. The zero-order chi connectivity index (χ0) is 13.2. The molecule has 0 amide bonds. The van der Waals surface area contributed by atoms with Crippen molar-refractivity contribution in [3.05, 3.63) is 23.9 Å². The molecule has 1 aliphatic rings. The van der Waals surface area contributed by atoms with E-state index in [9.17, 15) is 9.90 Å².